The molecule has 0 atom stereocenters. The van der Waals surface area contributed by atoms with Crippen LogP contribution in [0.4, 0.5) is 10.1 Å². The minimum absolute atomic E-state index is 0.239. The highest BCUT2D eigenvalue weighted by molar-refractivity contribution is 6.16. The molecule has 0 fully saturated rings. The van der Waals surface area contributed by atoms with Crippen molar-refractivity contribution < 1.29 is 9.18 Å². The van der Waals surface area contributed by atoms with E-state index in [4.69, 9.17) is 5.73 Å². The van der Waals surface area contributed by atoms with E-state index in [1.54, 1.807) is 6.20 Å². The van der Waals surface area contributed by atoms with Gasteiger partial charge < -0.3 is 10.7 Å². The van der Waals surface area contributed by atoms with Crippen LogP contribution in [0.5, 0.6) is 0 Å². The summed E-state index contributed by atoms with van der Waals surface area (Å²) in [6.07, 6.45) is 1.63. The molecule has 0 radical (unpaired) electrons. The number of aromatic amines is 1. The van der Waals surface area contributed by atoms with Crippen molar-refractivity contribution in [2.75, 3.05) is 5.73 Å². The number of hydrogen-bond acceptors (Lipinski definition) is 2. The van der Waals surface area contributed by atoms with Crippen molar-refractivity contribution >= 4 is 22.4 Å². The Kier molecular flexibility index (Phi) is 2.56. The quantitative estimate of drug-likeness (QED) is 0.545. The van der Waals surface area contributed by atoms with Crippen LogP contribution in [-0.2, 0) is 0 Å². The number of ketones is 1. The number of rotatable bonds is 2. The lowest BCUT2D eigenvalue weighted by atomic mass is 10.0. The monoisotopic (exact) mass is 254 g/mol. The molecule has 0 aliphatic rings. The second-order valence-corrected chi connectivity index (χ2v) is 4.35. The summed E-state index contributed by atoms with van der Waals surface area (Å²) in [5, 5.41) is 0.815. The van der Waals surface area contributed by atoms with Crippen LogP contribution in [0.3, 0.4) is 0 Å². The van der Waals surface area contributed by atoms with Gasteiger partial charge in [0.05, 0.1) is 0 Å². The van der Waals surface area contributed by atoms with E-state index < -0.39 is 5.82 Å². The van der Waals surface area contributed by atoms with Gasteiger partial charge in [0, 0.05) is 33.9 Å². The van der Waals surface area contributed by atoms with Crippen molar-refractivity contribution in [2.45, 2.75) is 0 Å². The molecule has 1 heterocycles. The van der Waals surface area contributed by atoms with Crippen LogP contribution in [0.1, 0.15) is 15.9 Å². The summed E-state index contributed by atoms with van der Waals surface area (Å²) in [6, 6.07) is 11.3. The molecule has 3 nitrogen and oxygen atoms in total. The van der Waals surface area contributed by atoms with Gasteiger partial charge in [-0.2, -0.15) is 0 Å². The SMILES string of the molecule is Nc1cc(F)cc(C(=O)c2c[nH]c3ccccc23)c1. The Balaban J connectivity index is 2.13. The molecule has 0 unspecified atom stereocenters. The molecule has 19 heavy (non-hydrogen) atoms. The lowest BCUT2D eigenvalue weighted by Crippen LogP contribution is -2.02. The van der Waals surface area contributed by atoms with Crippen LogP contribution >= 0.6 is 0 Å². The number of para-hydroxylation sites is 1. The molecule has 0 saturated heterocycles. The minimum atomic E-state index is -0.511. The zero-order valence-corrected chi connectivity index (χ0v) is 9.98. The molecule has 0 saturated carbocycles. The molecular formula is C15H11FN2O. The van der Waals surface area contributed by atoms with Gasteiger partial charge in [-0.05, 0) is 24.3 Å². The maximum atomic E-state index is 13.3. The zero-order valence-electron chi connectivity index (χ0n) is 9.98. The van der Waals surface area contributed by atoms with Gasteiger partial charge in [-0.3, -0.25) is 4.79 Å². The first-order chi connectivity index (χ1) is 9.15. The fourth-order valence-corrected chi connectivity index (χ4v) is 2.16. The van der Waals surface area contributed by atoms with Crippen molar-refractivity contribution in [3.8, 4) is 0 Å². The average molecular weight is 254 g/mol. The molecule has 94 valence electrons. The first kappa shape index (κ1) is 11.5. The van der Waals surface area contributed by atoms with Gasteiger partial charge in [-0.1, -0.05) is 18.2 Å². The van der Waals surface area contributed by atoms with Crippen LogP contribution in [0, 0.1) is 5.82 Å². The molecule has 3 aromatic rings. The van der Waals surface area contributed by atoms with E-state index in [0.29, 0.717) is 5.56 Å². The third-order valence-electron chi connectivity index (χ3n) is 3.02. The zero-order chi connectivity index (χ0) is 13.4. The number of H-pyrrole nitrogens is 1. The summed E-state index contributed by atoms with van der Waals surface area (Å²) in [7, 11) is 0. The highest BCUT2D eigenvalue weighted by atomic mass is 19.1. The van der Waals surface area contributed by atoms with E-state index in [9.17, 15) is 9.18 Å². The predicted octanol–water partition coefficient (Wildman–Crippen LogP) is 3.12. The number of aromatic nitrogens is 1. The van der Waals surface area contributed by atoms with Gasteiger partial charge >= 0.3 is 0 Å². The summed E-state index contributed by atoms with van der Waals surface area (Å²) in [5.74, 6) is -0.758. The number of nitrogens with two attached hydrogens (primary N) is 1. The fraction of sp³-hybridized carbons (Fsp3) is 0. The third-order valence-corrected chi connectivity index (χ3v) is 3.02. The maximum Gasteiger partial charge on any atom is 0.195 e. The molecule has 1 aromatic heterocycles. The van der Waals surface area contributed by atoms with Gasteiger partial charge in [-0.15, -0.1) is 0 Å². The Labute approximate surface area is 108 Å². The number of carbonyl (C=O) groups excluding carboxylic acids is 1. The average Bonchev–Trinajstić information content (AvgIpc) is 2.80. The maximum absolute atomic E-state index is 13.3. The first-order valence-electron chi connectivity index (χ1n) is 5.82. The van der Waals surface area contributed by atoms with Gasteiger partial charge in [-0.25, -0.2) is 4.39 Å². The van der Waals surface area contributed by atoms with Gasteiger partial charge in [0.2, 0.25) is 0 Å². The van der Waals surface area contributed by atoms with E-state index in [0.717, 1.165) is 10.9 Å². The Morgan fingerprint density at radius 3 is 2.74 bits per heavy atom. The van der Waals surface area contributed by atoms with E-state index >= 15 is 0 Å². The number of nitrogens with one attached hydrogen (secondary N) is 1. The summed E-state index contributed by atoms with van der Waals surface area (Å²) in [4.78, 5) is 15.4. The van der Waals surface area contributed by atoms with Crippen molar-refractivity contribution in [3.63, 3.8) is 0 Å². The molecule has 3 rings (SSSR count). The van der Waals surface area contributed by atoms with E-state index in [1.165, 1.54) is 18.2 Å². The second-order valence-electron chi connectivity index (χ2n) is 4.35. The normalized spacial score (nSPS) is 10.8. The lowest BCUT2D eigenvalue weighted by molar-refractivity contribution is 0.104. The summed E-state index contributed by atoms with van der Waals surface area (Å²) >= 11 is 0. The summed E-state index contributed by atoms with van der Waals surface area (Å²) < 4.78 is 13.3. The molecule has 4 heteroatoms. The number of hydrogen-bond donors (Lipinski definition) is 2. The molecule has 0 spiro atoms. The first-order valence-corrected chi connectivity index (χ1v) is 5.82. The Bertz CT molecular complexity index is 756. The number of fused-ring (bicyclic) bond motifs is 1. The topological polar surface area (TPSA) is 58.9 Å². The van der Waals surface area contributed by atoms with Crippen molar-refractivity contribution in [1.29, 1.82) is 0 Å². The van der Waals surface area contributed by atoms with E-state index in [2.05, 4.69) is 4.98 Å². The Hall–Kier alpha value is -2.62. The van der Waals surface area contributed by atoms with Crippen molar-refractivity contribution in [2.24, 2.45) is 0 Å². The van der Waals surface area contributed by atoms with Crippen LogP contribution in [-0.4, -0.2) is 10.8 Å². The smallest absolute Gasteiger partial charge is 0.195 e. The minimum Gasteiger partial charge on any atom is -0.399 e. The number of nitrogen functional groups attached to an aromatic ring is 1. The molecule has 0 amide bonds. The Morgan fingerprint density at radius 1 is 1.16 bits per heavy atom. The Morgan fingerprint density at radius 2 is 1.95 bits per heavy atom. The number of anilines is 1. The molecule has 0 bridgehead atoms. The number of benzene rings is 2. The van der Waals surface area contributed by atoms with Crippen molar-refractivity contribution in [3.05, 3.63) is 65.6 Å². The van der Waals surface area contributed by atoms with Gasteiger partial charge in [0.15, 0.2) is 5.78 Å². The van der Waals surface area contributed by atoms with Gasteiger partial charge in [0.1, 0.15) is 5.82 Å². The highest BCUT2D eigenvalue weighted by Gasteiger charge is 2.15. The number of halogens is 1. The third kappa shape index (κ3) is 1.97. The number of carbonyl (C=O) groups is 1. The van der Waals surface area contributed by atoms with E-state index in [1.807, 2.05) is 24.3 Å². The molecule has 0 aliphatic carbocycles. The van der Waals surface area contributed by atoms with Crippen LogP contribution < -0.4 is 5.73 Å². The van der Waals surface area contributed by atoms with Crippen LogP contribution in [0.25, 0.3) is 10.9 Å². The second kappa shape index (κ2) is 4.24. The fourth-order valence-electron chi connectivity index (χ4n) is 2.16. The van der Waals surface area contributed by atoms with Crippen molar-refractivity contribution in [1.82, 2.24) is 4.98 Å². The summed E-state index contributed by atoms with van der Waals surface area (Å²) in [5.41, 5.74) is 7.44. The van der Waals surface area contributed by atoms with E-state index in [-0.39, 0.29) is 17.0 Å². The van der Waals surface area contributed by atoms with Gasteiger partial charge in [0.25, 0.3) is 0 Å². The highest BCUT2D eigenvalue weighted by Crippen LogP contribution is 2.22. The molecule has 0 aliphatic heterocycles. The van der Waals surface area contributed by atoms with Crippen LogP contribution in [0.15, 0.2) is 48.7 Å². The predicted molar refractivity (Wildman–Crippen MR) is 72.5 cm³/mol. The molecular weight excluding hydrogens is 243 g/mol. The molecule has 2 aromatic carbocycles. The summed E-state index contributed by atoms with van der Waals surface area (Å²) in [6.45, 7) is 0. The molecule has 3 N–H and O–H groups in total. The standard InChI is InChI=1S/C15H11FN2O/c16-10-5-9(6-11(17)7-10)15(19)13-8-18-14-4-2-1-3-12(13)14/h1-8,18H,17H2. The van der Waals surface area contributed by atoms with Crippen LogP contribution in [0.2, 0.25) is 0 Å². The largest absolute Gasteiger partial charge is 0.399 e. The lowest BCUT2D eigenvalue weighted by Gasteiger charge is -2.02.